The van der Waals surface area contributed by atoms with E-state index in [2.05, 4.69) is 15.2 Å². The molecule has 6 nitrogen and oxygen atoms in total. The van der Waals surface area contributed by atoms with E-state index in [9.17, 15) is 9.59 Å². The third kappa shape index (κ3) is 2.78. The summed E-state index contributed by atoms with van der Waals surface area (Å²) >= 11 is 5.80. The van der Waals surface area contributed by atoms with Gasteiger partial charge in [-0.15, -0.1) is 0 Å². The first-order valence-electron chi connectivity index (χ1n) is 7.23. The predicted molar refractivity (Wildman–Crippen MR) is 83.3 cm³/mol. The van der Waals surface area contributed by atoms with Crippen LogP contribution >= 0.6 is 11.6 Å². The molecular formula is C15H17ClN4O2. The van der Waals surface area contributed by atoms with Crippen molar-refractivity contribution < 1.29 is 4.79 Å². The van der Waals surface area contributed by atoms with Crippen LogP contribution in [0.1, 0.15) is 40.4 Å². The highest BCUT2D eigenvalue weighted by molar-refractivity contribution is 6.30. The van der Waals surface area contributed by atoms with E-state index in [0.717, 1.165) is 24.1 Å². The molecule has 1 unspecified atom stereocenters. The van der Waals surface area contributed by atoms with Crippen LogP contribution in [0.15, 0.2) is 23.3 Å². The van der Waals surface area contributed by atoms with E-state index in [1.807, 2.05) is 6.92 Å². The topological polar surface area (TPSA) is 81.8 Å². The van der Waals surface area contributed by atoms with Gasteiger partial charge in [0.2, 0.25) is 0 Å². The van der Waals surface area contributed by atoms with Gasteiger partial charge in [0.1, 0.15) is 5.02 Å². The number of rotatable bonds is 2. The lowest BCUT2D eigenvalue weighted by atomic mass is 9.92. The standard InChI is InChI=1S/C15H17ClN4O2/c1-9-6-18-19-13(9)10-3-2-4-20(8-10)15(22)11-5-12(16)14(21)17-7-11/h5-7,10H,2-4,8H2,1H3,(H,17,21)(H,18,19). The molecule has 2 aromatic heterocycles. The van der Waals surface area contributed by atoms with Gasteiger partial charge in [-0.1, -0.05) is 11.6 Å². The lowest BCUT2D eigenvalue weighted by molar-refractivity contribution is 0.0705. The number of aromatic amines is 2. The van der Waals surface area contributed by atoms with Gasteiger partial charge in [-0.3, -0.25) is 14.7 Å². The van der Waals surface area contributed by atoms with Crippen molar-refractivity contribution in [3.63, 3.8) is 0 Å². The molecule has 0 aliphatic carbocycles. The Morgan fingerprint density at radius 1 is 1.50 bits per heavy atom. The van der Waals surface area contributed by atoms with Crippen molar-refractivity contribution in [2.45, 2.75) is 25.7 Å². The molecule has 0 bridgehead atoms. The van der Waals surface area contributed by atoms with E-state index in [1.165, 1.54) is 12.3 Å². The maximum Gasteiger partial charge on any atom is 0.266 e. The normalized spacial score (nSPS) is 18.5. The molecular weight excluding hydrogens is 304 g/mol. The van der Waals surface area contributed by atoms with Gasteiger partial charge < -0.3 is 9.88 Å². The third-order valence-electron chi connectivity index (χ3n) is 4.09. The second kappa shape index (κ2) is 5.96. The number of nitrogens with zero attached hydrogens (tertiary/aromatic N) is 2. The van der Waals surface area contributed by atoms with Crippen LogP contribution in [0, 0.1) is 6.92 Å². The Morgan fingerprint density at radius 2 is 2.32 bits per heavy atom. The number of hydrogen-bond acceptors (Lipinski definition) is 3. The monoisotopic (exact) mass is 320 g/mol. The number of hydrogen-bond donors (Lipinski definition) is 2. The van der Waals surface area contributed by atoms with Crippen molar-refractivity contribution in [1.82, 2.24) is 20.1 Å². The lowest BCUT2D eigenvalue weighted by Crippen LogP contribution is -2.39. The first-order valence-corrected chi connectivity index (χ1v) is 7.61. The molecule has 1 atom stereocenters. The number of piperidine rings is 1. The van der Waals surface area contributed by atoms with Crippen LogP contribution in [0.2, 0.25) is 5.02 Å². The van der Waals surface area contributed by atoms with E-state index in [0.29, 0.717) is 18.7 Å². The van der Waals surface area contributed by atoms with Gasteiger partial charge in [0.15, 0.2) is 0 Å². The number of aryl methyl sites for hydroxylation is 1. The second-order valence-corrected chi connectivity index (χ2v) is 6.03. The molecule has 0 saturated carbocycles. The Bertz CT molecular complexity index is 752. The van der Waals surface area contributed by atoms with Crippen molar-refractivity contribution in [3.05, 3.63) is 50.7 Å². The fourth-order valence-corrected chi connectivity index (χ4v) is 3.10. The van der Waals surface area contributed by atoms with Crippen LogP contribution in [0.25, 0.3) is 0 Å². The van der Waals surface area contributed by atoms with Gasteiger partial charge in [0.25, 0.3) is 11.5 Å². The zero-order valence-corrected chi connectivity index (χ0v) is 13.0. The molecule has 0 radical (unpaired) electrons. The molecule has 2 aromatic rings. The van der Waals surface area contributed by atoms with Gasteiger partial charge in [0.05, 0.1) is 11.8 Å². The fraction of sp³-hybridized carbons (Fsp3) is 0.400. The Morgan fingerprint density at radius 3 is 3.00 bits per heavy atom. The molecule has 1 aliphatic rings. The average molecular weight is 321 g/mol. The summed E-state index contributed by atoms with van der Waals surface area (Å²) in [6.45, 7) is 3.36. The molecule has 1 amide bonds. The molecule has 2 N–H and O–H groups in total. The van der Waals surface area contributed by atoms with Crippen molar-refractivity contribution in [1.29, 1.82) is 0 Å². The van der Waals surface area contributed by atoms with Crippen LogP contribution in [-0.2, 0) is 0 Å². The number of carbonyl (C=O) groups excluding carboxylic acids is 1. The van der Waals surface area contributed by atoms with Crippen molar-refractivity contribution >= 4 is 17.5 Å². The summed E-state index contributed by atoms with van der Waals surface area (Å²) in [4.78, 5) is 28.2. The zero-order valence-electron chi connectivity index (χ0n) is 12.2. The number of halogens is 1. The van der Waals surface area contributed by atoms with Gasteiger partial charge in [-0.25, -0.2) is 0 Å². The maximum atomic E-state index is 12.6. The maximum absolute atomic E-state index is 12.6. The molecule has 3 rings (SSSR count). The van der Waals surface area contributed by atoms with E-state index in [1.54, 1.807) is 11.1 Å². The average Bonchev–Trinajstić information content (AvgIpc) is 2.95. The van der Waals surface area contributed by atoms with Crippen LogP contribution in [0.5, 0.6) is 0 Å². The summed E-state index contributed by atoms with van der Waals surface area (Å²) in [6, 6.07) is 1.42. The first-order chi connectivity index (χ1) is 10.6. The van der Waals surface area contributed by atoms with E-state index in [4.69, 9.17) is 11.6 Å². The number of H-pyrrole nitrogens is 2. The van der Waals surface area contributed by atoms with Crippen molar-refractivity contribution in [3.8, 4) is 0 Å². The summed E-state index contributed by atoms with van der Waals surface area (Å²) in [5.74, 6) is 0.151. The summed E-state index contributed by atoms with van der Waals surface area (Å²) in [5, 5.41) is 7.13. The minimum atomic E-state index is -0.386. The molecule has 1 fully saturated rings. The minimum Gasteiger partial charge on any atom is -0.338 e. The molecule has 1 aliphatic heterocycles. The summed E-state index contributed by atoms with van der Waals surface area (Å²) in [7, 11) is 0. The minimum absolute atomic E-state index is 0.0313. The SMILES string of the molecule is Cc1cn[nH]c1C1CCCN(C(=O)c2c[nH]c(=O)c(Cl)c2)C1. The summed E-state index contributed by atoms with van der Waals surface area (Å²) in [5.41, 5.74) is 2.23. The molecule has 7 heteroatoms. The Labute approximate surface area is 132 Å². The molecule has 116 valence electrons. The van der Waals surface area contributed by atoms with Gasteiger partial charge in [0, 0.05) is 30.9 Å². The Hall–Kier alpha value is -2.08. The van der Waals surface area contributed by atoms with Gasteiger partial charge in [-0.05, 0) is 31.4 Å². The highest BCUT2D eigenvalue weighted by Crippen LogP contribution is 2.28. The number of aromatic nitrogens is 3. The molecule has 0 spiro atoms. The lowest BCUT2D eigenvalue weighted by Gasteiger charge is -2.32. The van der Waals surface area contributed by atoms with Crippen molar-refractivity contribution in [2.24, 2.45) is 0 Å². The molecule has 3 heterocycles. The first kappa shape index (κ1) is 14.8. The molecule has 1 saturated heterocycles. The predicted octanol–water partition coefficient (Wildman–Crippen LogP) is 2.08. The van der Waals surface area contributed by atoms with E-state index in [-0.39, 0.29) is 22.4 Å². The number of carbonyl (C=O) groups is 1. The van der Waals surface area contributed by atoms with Gasteiger partial charge in [-0.2, -0.15) is 5.10 Å². The van der Waals surface area contributed by atoms with Crippen LogP contribution in [-0.4, -0.2) is 39.1 Å². The largest absolute Gasteiger partial charge is 0.338 e. The number of amides is 1. The smallest absolute Gasteiger partial charge is 0.266 e. The van der Waals surface area contributed by atoms with E-state index < -0.39 is 0 Å². The number of likely N-dealkylation sites (tertiary alicyclic amines) is 1. The Balaban J connectivity index is 1.79. The van der Waals surface area contributed by atoms with Crippen LogP contribution < -0.4 is 5.56 Å². The molecule has 22 heavy (non-hydrogen) atoms. The third-order valence-corrected chi connectivity index (χ3v) is 4.37. The highest BCUT2D eigenvalue weighted by Gasteiger charge is 2.27. The van der Waals surface area contributed by atoms with Gasteiger partial charge >= 0.3 is 0 Å². The highest BCUT2D eigenvalue weighted by atomic mass is 35.5. The number of pyridine rings is 1. The Kier molecular flexibility index (Phi) is 4.02. The van der Waals surface area contributed by atoms with E-state index >= 15 is 0 Å². The molecule has 0 aromatic carbocycles. The summed E-state index contributed by atoms with van der Waals surface area (Å²) in [6.07, 6.45) is 5.19. The second-order valence-electron chi connectivity index (χ2n) is 5.62. The fourth-order valence-electron chi connectivity index (χ4n) is 2.93. The van der Waals surface area contributed by atoms with Crippen LogP contribution in [0.3, 0.4) is 0 Å². The quantitative estimate of drug-likeness (QED) is 0.888. The van der Waals surface area contributed by atoms with Crippen LogP contribution in [0.4, 0.5) is 0 Å². The summed E-state index contributed by atoms with van der Waals surface area (Å²) < 4.78 is 0. The van der Waals surface area contributed by atoms with Crippen molar-refractivity contribution in [2.75, 3.05) is 13.1 Å². The zero-order chi connectivity index (χ0) is 15.7. The number of nitrogens with one attached hydrogen (secondary N) is 2.